The van der Waals surface area contributed by atoms with Crippen molar-refractivity contribution >= 4 is 6.03 Å². The van der Waals surface area contributed by atoms with E-state index in [1.807, 2.05) is 107 Å². The second-order valence-electron chi connectivity index (χ2n) is 11.4. The molecule has 0 saturated carbocycles. The van der Waals surface area contributed by atoms with Crippen LogP contribution in [-0.2, 0) is 25.9 Å². The van der Waals surface area contributed by atoms with Crippen LogP contribution in [0.1, 0.15) is 47.9 Å². The first kappa shape index (κ1) is 29.6. The van der Waals surface area contributed by atoms with E-state index in [1.165, 1.54) is 11.1 Å². The molecule has 0 bridgehead atoms. The Bertz CT molecular complexity index is 1250. The highest BCUT2D eigenvalue weighted by atomic mass is 16.3. The minimum Gasteiger partial charge on any atom is -0.388 e. The molecule has 1 saturated heterocycles. The highest BCUT2D eigenvalue weighted by Gasteiger charge is 2.45. The molecule has 0 unspecified atom stereocenters. The third-order valence-electron chi connectivity index (χ3n) is 8.44. The van der Waals surface area contributed by atoms with Crippen LogP contribution in [0.15, 0.2) is 121 Å². The molecule has 1 aliphatic rings. The molecule has 2 N–H and O–H groups in total. The van der Waals surface area contributed by atoms with Crippen LogP contribution < -0.4 is 0 Å². The number of aliphatic hydroxyl groups is 2. The van der Waals surface area contributed by atoms with Crippen molar-refractivity contribution in [2.45, 2.75) is 75.9 Å². The molecule has 1 aliphatic heterocycles. The summed E-state index contributed by atoms with van der Waals surface area (Å²) < 4.78 is 0. The normalized spacial score (nSPS) is 20.9. The Labute approximate surface area is 250 Å². The van der Waals surface area contributed by atoms with E-state index in [0.29, 0.717) is 25.9 Å². The molecule has 5 heteroatoms. The van der Waals surface area contributed by atoms with Gasteiger partial charge in [0.1, 0.15) is 12.2 Å². The molecule has 42 heavy (non-hydrogen) atoms. The molecular weight excluding hydrogens is 520 g/mol. The highest BCUT2D eigenvalue weighted by molar-refractivity contribution is 5.76. The lowest BCUT2D eigenvalue weighted by atomic mass is 9.91. The lowest BCUT2D eigenvalue weighted by molar-refractivity contribution is -0.0448. The predicted octanol–water partition coefficient (Wildman–Crippen LogP) is 6.63. The molecule has 1 fully saturated rings. The van der Waals surface area contributed by atoms with E-state index in [0.717, 1.165) is 36.8 Å². The molecule has 4 aromatic rings. The molecule has 2 amide bonds. The Morgan fingerprint density at radius 1 is 0.476 bits per heavy atom. The molecular formula is C37H42N2O3. The third kappa shape index (κ3) is 7.67. The van der Waals surface area contributed by atoms with E-state index in [2.05, 4.69) is 24.3 Å². The lowest BCUT2D eigenvalue weighted by Crippen LogP contribution is -2.49. The van der Waals surface area contributed by atoms with Crippen molar-refractivity contribution in [3.05, 3.63) is 144 Å². The molecule has 5 rings (SSSR count). The van der Waals surface area contributed by atoms with Crippen molar-refractivity contribution < 1.29 is 15.0 Å². The third-order valence-corrected chi connectivity index (χ3v) is 8.44. The van der Waals surface area contributed by atoms with Gasteiger partial charge >= 0.3 is 6.03 Å². The van der Waals surface area contributed by atoms with Gasteiger partial charge in [-0.3, -0.25) is 0 Å². The van der Waals surface area contributed by atoms with E-state index in [9.17, 15) is 15.0 Å². The standard InChI is InChI=1S/C37H42N2O3/c40-35-33(25-13-23-29-15-5-1-6-16-29)38(27-31-19-9-3-10-20-31)37(42)39(28-32-21-11-4-12-22-32)34(36(35)41)26-14-24-30-17-7-2-8-18-30/h1-12,15-22,33-36,40-41H,13-14,23-28H2/t33-,34-,35+,36+/m1/s1. The van der Waals surface area contributed by atoms with Gasteiger partial charge in [0.2, 0.25) is 0 Å². The molecule has 0 aromatic heterocycles. The SMILES string of the molecule is O=C1N(Cc2ccccc2)[C@H](CCCc2ccccc2)[C@H](O)[C@@H](O)[C@@H](CCCc2ccccc2)N1Cc1ccccc1. The molecule has 0 aliphatic carbocycles. The van der Waals surface area contributed by atoms with Crippen molar-refractivity contribution in [3.63, 3.8) is 0 Å². The Morgan fingerprint density at radius 3 is 1.12 bits per heavy atom. The van der Waals surface area contributed by atoms with Crippen LogP contribution >= 0.6 is 0 Å². The second-order valence-corrected chi connectivity index (χ2v) is 11.4. The molecule has 218 valence electrons. The van der Waals surface area contributed by atoms with Crippen molar-refractivity contribution in [2.75, 3.05) is 0 Å². The van der Waals surface area contributed by atoms with Gasteiger partial charge in [-0.05, 0) is 60.8 Å². The van der Waals surface area contributed by atoms with Gasteiger partial charge in [-0.1, -0.05) is 121 Å². The van der Waals surface area contributed by atoms with E-state index in [4.69, 9.17) is 0 Å². The maximum atomic E-state index is 14.6. The number of hydrogen-bond acceptors (Lipinski definition) is 3. The average molecular weight is 563 g/mol. The maximum Gasteiger partial charge on any atom is 0.321 e. The first-order valence-corrected chi connectivity index (χ1v) is 15.2. The monoisotopic (exact) mass is 562 g/mol. The van der Waals surface area contributed by atoms with Gasteiger partial charge in [-0.25, -0.2) is 4.79 Å². The van der Waals surface area contributed by atoms with Gasteiger partial charge < -0.3 is 20.0 Å². The smallest absolute Gasteiger partial charge is 0.321 e. The molecule has 4 aromatic carbocycles. The number of aryl methyl sites for hydroxylation is 2. The summed E-state index contributed by atoms with van der Waals surface area (Å²) in [6.07, 6.45) is 2.38. The maximum absolute atomic E-state index is 14.6. The van der Waals surface area contributed by atoms with E-state index >= 15 is 0 Å². The second kappa shape index (κ2) is 14.8. The van der Waals surface area contributed by atoms with Crippen LogP contribution in [0.2, 0.25) is 0 Å². The fourth-order valence-electron chi connectivity index (χ4n) is 6.18. The van der Waals surface area contributed by atoms with Gasteiger partial charge in [0.15, 0.2) is 0 Å². The highest BCUT2D eigenvalue weighted by Crippen LogP contribution is 2.31. The number of rotatable bonds is 12. The minimum absolute atomic E-state index is 0.132. The van der Waals surface area contributed by atoms with Crippen LogP contribution in [0, 0.1) is 0 Å². The molecule has 0 radical (unpaired) electrons. The number of urea groups is 1. The zero-order chi connectivity index (χ0) is 29.1. The van der Waals surface area contributed by atoms with Crippen LogP contribution in [-0.4, -0.2) is 50.3 Å². The number of aliphatic hydroxyl groups excluding tert-OH is 2. The average Bonchev–Trinajstić information content (AvgIpc) is 3.10. The van der Waals surface area contributed by atoms with Crippen molar-refractivity contribution in [2.24, 2.45) is 0 Å². The fourth-order valence-corrected chi connectivity index (χ4v) is 6.18. The minimum atomic E-state index is -1.06. The Balaban J connectivity index is 1.44. The quantitative estimate of drug-likeness (QED) is 0.204. The number of carbonyl (C=O) groups is 1. The summed E-state index contributed by atoms with van der Waals surface area (Å²) in [4.78, 5) is 18.2. The van der Waals surface area contributed by atoms with Gasteiger partial charge in [0.25, 0.3) is 0 Å². The summed E-state index contributed by atoms with van der Waals surface area (Å²) in [7, 11) is 0. The number of benzene rings is 4. The summed E-state index contributed by atoms with van der Waals surface area (Å²) in [6.45, 7) is 0.753. The van der Waals surface area contributed by atoms with Crippen molar-refractivity contribution in [1.82, 2.24) is 9.80 Å². The molecule has 4 atom stereocenters. The fraction of sp³-hybridized carbons (Fsp3) is 0.324. The van der Waals surface area contributed by atoms with Crippen molar-refractivity contribution in [3.8, 4) is 0 Å². The number of carbonyl (C=O) groups excluding carboxylic acids is 1. The molecule has 1 heterocycles. The van der Waals surface area contributed by atoms with Gasteiger partial charge in [0.05, 0.1) is 12.1 Å². The zero-order valence-corrected chi connectivity index (χ0v) is 24.2. The lowest BCUT2D eigenvalue weighted by Gasteiger charge is -2.35. The topological polar surface area (TPSA) is 64.0 Å². The van der Waals surface area contributed by atoms with Crippen LogP contribution in [0.4, 0.5) is 4.79 Å². The molecule has 5 nitrogen and oxygen atoms in total. The zero-order valence-electron chi connectivity index (χ0n) is 24.2. The van der Waals surface area contributed by atoms with Crippen molar-refractivity contribution in [1.29, 1.82) is 0 Å². The number of hydrogen-bond donors (Lipinski definition) is 2. The van der Waals surface area contributed by atoms with Crippen LogP contribution in [0.5, 0.6) is 0 Å². The summed E-state index contributed by atoms with van der Waals surface area (Å²) in [5, 5.41) is 23.6. The number of amides is 2. The van der Waals surface area contributed by atoms with E-state index < -0.39 is 24.3 Å². The Morgan fingerprint density at radius 2 is 0.786 bits per heavy atom. The van der Waals surface area contributed by atoms with E-state index in [-0.39, 0.29) is 6.03 Å². The van der Waals surface area contributed by atoms with Crippen LogP contribution in [0.3, 0.4) is 0 Å². The Hall–Kier alpha value is -3.93. The van der Waals surface area contributed by atoms with Gasteiger partial charge in [0, 0.05) is 13.1 Å². The summed E-state index contributed by atoms with van der Waals surface area (Å²) in [5.74, 6) is 0. The summed E-state index contributed by atoms with van der Waals surface area (Å²) in [6, 6.07) is 39.3. The van der Waals surface area contributed by atoms with E-state index in [1.54, 1.807) is 0 Å². The Kier molecular flexibility index (Phi) is 10.4. The number of nitrogens with zero attached hydrogens (tertiary/aromatic N) is 2. The largest absolute Gasteiger partial charge is 0.388 e. The summed E-state index contributed by atoms with van der Waals surface area (Å²) in [5.41, 5.74) is 4.46. The van der Waals surface area contributed by atoms with Gasteiger partial charge in [-0.2, -0.15) is 0 Å². The van der Waals surface area contributed by atoms with Gasteiger partial charge in [-0.15, -0.1) is 0 Å². The first-order valence-electron chi connectivity index (χ1n) is 15.2. The summed E-state index contributed by atoms with van der Waals surface area (Å²) >= 11 is 0. The predicted molar refractivity (Wildman–Crippen MR) is 168 cm³/mol. The first-order chi connectivity index (χ1) is 20.6. The van der Waals surface area contributed by atoms with Crippen LogP contribution in [0.25, 0.3) is 0 Å². The molecule has 0 spiro atoms.